The summed E-state index contributed by atoms with van der Waals surface area (Å²) in [5.41, 5.74) is 15.5. The van der Waals surface area contributed by atoms with Crippen LogP contribution in [0.5, 0.6) is 0 Å². The first-order valence-corrected chi connectivity index (χ1v) is 22.1. The molecular formula is C59H41N5. The number of para-hydroxylation sites is 1. The van der Waals surface area contributed by atoms with E-state index in [-0.39, 0.29) is 12.1 Å². The van der Waals surface area contributed by atoms with Crippen LogP contribution in [0.1, 0.15) is 45.6 Å². The third kappa shape index (κ3) is 5.85. The number of aliphatic imine (C=N–C) groups is 2. The van der Waals surface area contributed by atoms with Gasteiger partial charge in [-0.3, -0.25) is 0 Å². The molecule has 9 aromatic carbocycles. The Kier molecular flexibility index (Phi) is 8.34. The van der Waals surface area contributed by atoms with Crippen LogP contribution in [-0.2, 0) is 6.42 Å². The van der Waals surface area contributed by atoms with Crippen LogP contribution in [0.4, 0.5) is 11.4 Å². The summed E-state index contributed by atoms with van der Waals surface area (Å²) in [5.74, 6) is 1.67. The number of nitrogens with one attached hydrogen (secondary N) is 1. The molecule has 5 nitrogen and oxygen atoms in total. The lowest BCUT2D eigenvalue weighted by molar-refractivity contribution is 0.674. The van der Waals surface area contributed by atoms with Crippen LogP contribution >= 0.6 is 0 Å². The number of hydrogen-bond acceptors (Lipinski definition) is 4. The number of amidine groups is 2. The van der Waals surface area contributed by atoms with Gasteiger partial charge in [-0.2, -0.15) is 0 Å². The second kappa shape index (κ2) is 14.7. The molecule has 13 rings (SSSR count). The number of nitrogens with zero attached hydrogens (tertiary/aromatic N) is 4. The van der Waals surface area contributed by atoms with Gasteiger partial charge in [0.2, 0.25) is 0 Å². The fourth-order valence-electron chi connectivity index (χ4n) is 10.4. The molecular weight excluding hydrogens is 779 g/mol. The predicted octanol–water partition coefficient (Wildman–Crippen LogP) is 13.9. The highest BCUT2D eigenvalue weighted by atomic mass is 15.2. The molecule has 0 saturated heterocycles. The summed E-state index contributed by atoms with van der Waals surface area (Å²) >= 11 is 0. The molecule has 2 unspecified atom stereocenters. The Bertz CT molecular complexity index is 3550. The van der Waals surface area contributed by atoms with Gasteiger partial charge < -0.3 is 14.8 Å². The van der Waals surface area contributed by atoms with E-state index >= 15 is 0 Å². The van der Waals surface area contributed by atoms with Crippen LogP contribution in [0.2, 0.25) is 0 Å². The van der Waals surface area contributed by atoms with Gasteiger partial charge in [0.25, 0.3) is 0 Å². The number of allylic oxidation sites excluding steroid dienone is 1. The molecule has 0 amide bonds. The fourth-order valence-corrected chi connectivity index (χ4v) is 10.4. The maximum absolute atomic E-state index is 5.28. The summed E-state index contributed by atoms with van der Waals surface area (Å²) in [6, 6.07) is 76.4. The van der Waals surface area contributed by atoms with Crippen molar-refractivity contribution >= 4 is 61.6 Å². The summed E-state index contributed by atoms with van der Waals surface area (Å²) < 4.78 is 2.53. The minimum Gasteiger partial charge on any atom is -0.344 e. The maximum Gasteiger partial charge on any atom is 0.159 e. The van der Waals surface area contributed by atoms with E-state index in [1.165, 1.54) is 72.1 Å². The molecule has 0 radical (unpaired) electrons. The zero-order chi connectivity index (χ0) is 42.1. The molecule has 1 aliphatic carbocycles. The van der Waals surface area contributed by atoms with Gasteiger partial charge in [0, 0.05) is 39.2 Å². The van der Waals surface area contributed by atoms with Crippen LogP contribution in [0.15, 0.2) is 228 Å². The van der Waals surface area contributed by atoms with E-state index in [1.54, 1.807) is 0 Å². The van der Waals surface area contributed by atoms with Gasteiger partial charge in [0.1, 0.15) is 12.0 Å². The largest absolute Gasteiger partial charge is 0.344 e. The lowest BCUT2D eigenvalue weighted by Crippen LogP contribution is -2.33. The van der Waals surface area contributed by atoms with E-state index in [2.05, 4.69) is 209 Å². The number of benzene rings is 9. The highest BCUT2D eigenvalue weighted by Crippen LogP contribution is 2.55. The Hall–Kier alpha value is -8.28. The molecule has 2 atom stereocenters. The monoisotopic (exact) mass is 819 g/mol. The molecule has 0 saturated carbocycles. The molecule has 0 bridgehead atoms. The average molecular weight is 820 g/mol. The lowest BCUT2D eigenvalue weighted by Gasteiger charge is -2.27. The van der Waals surface area contributed by atoms with E-state index in [0.717, 1.165) is 40.0 Å². The Labute approximate surface area is 371 Å². The van der Waals surface area contributed by atoms with E-state index in [4.69, 9.17) is 9.98 Å². The average Bonchev–Trinajstić information content (AvgIpc) is 3.87. The summed E-state index contributed by atoms with van der Waals surface area (Å²) in [5, 5.41) is 9.94. The van der Waals surface area contributed by atoms with Crippen LogP contribution in [-0.4, -0.2) is 16.2 Å². The Morgan fingerprint density at radius 2 is 1.17 bits per heavy atom. The van der Waals surface area contributed by atoms with Gasteiger partial charge in [0.15, 0.2) is 5.84 Å². The van der Waals surface area contributed by atoms with Crippen molar-refractivity contribution in [1.29, 1.82) is 0 Å². The number of fused-ring (bicyclic) bond motifs is 9. The van der Waals surface area contributed by atoms with E-state index in [0.29, 0.717) is 5.84 Å². The molecule has 0 fully saturated rings. The molecule has 1 N–H and O–H groups in total. The molecule has 0 spiro atoms. The first-order chi connectivity index (χ1) is 31.7. The second-order valence-electron chi connectivity index (χ2n) is 17.0. The zero-order valence-electron chi connectivity index (χ0n) is 34.9. The molecule has 1 aromatic heterocycles. The number of hydrogen-bond donors (Lipinski definition) is 1. The van der Waals surface area contributed by atoms with Crippen molar-refractivity contribution in [3.05, 3.63) is 252 Å². The summed E-state index contributed by atoms with van der Waals surface area (Å²) in [6.45, 7) is 0. The quantitative estimate of drug-likeness (QED) is 0.182. The molecule has 2 aliphatic heterocycles. The van der Waals surface area contributed by atoms with Crippen LogP contribution < -0.4 is 10.2 Å². The van der Waals surface area contributed by atoms with Gasteiger partial charge in [-0.15, -0.1) is 0 Å². The molecule has 3 heterocycles. The normalized spacial score (nSPS) is 16.4. The number of anilines is 2. The van der Waals surface area contributed by atoms with Crippen molar-refractivity contribution in [2.24, 2.45) is 9.98 Å². The third-order valence-corrected chi connectivity index (χ3v) is 13.3. The van der Waals surface area contributed by atoms with Gasteiger partial charge in [-0.25, -0.2) is 9.98 Å². The predicted molar refractivity (Wildman–Crippen MR) is 265 cm³/mol. The van der Waals surface area contributed by atoms with Crippen molar-refractivity contribution in [2.75, 3.05) is 4.90 Å². The van der Waals surface area contributed by atoms with Gasteiger partial charge in [-0.1, -0.05) is 170 Å². The van der Waals surface area contributed by atoms with Crippen molar-refractivity contribution < 1.29 is 0 Å². The Balaban J connectivity index is 1.07. The molecule has 5 heteroatoms. The van der Waals surface area contributed by atoms with Crippen molar-refractivity contribution in [3.8, 4) is 16.8 Å². The van der Waals surface area contributed by atoms with Crippen LogP contribution in [0.25, 0.3) is 55.3 Å². The van der Waals surface area contributed by atoms with Crippen LogP contribution in [0, 0.1) is 0 Å². The first-order valence-electron chi connectivity index (χ1n) is 22.1. The summed E-state index contributed by atoms with van der Waals surface area (Å²) in [6.07, 6.45) is 3.06. The standard InChI is InChI=1S/C59H41N5/c1-5-17-38(18-6-1)42-30-31-51-48(34-42)49-36-50-55(63(45-25-11-4-12-26-45)52-32-29-39-19-13-16-28-47(39)56(50)52)37-54(49)64(51)53-35-44(33-43-24-14-15-27-46(43)53)59-61-57(40-20-7-2-8-21-40)60-58(62-59)41-22-9-3-10-23-41/h1-35,37,50,57H,36H2,(H,60,61,62). The fraction of sp³-hybridized carbons (Fsp3) is 0.0508. The summed E-state index contributed by atoms with van der Waals surface area (Å²) in [7, 11) is 0. The van der Waals surface area contributed by atoms with Crippen molar-refractivity contribution in [3.63, 3.8) is 0 Å². The topological polar surface area (TPSA) is 44.9 Å². The van der Waals surface area contributed by atoms with Gasteiger partial charge in [0.05, 0.1) is 22.6 Å². The number of rotatable bonds is 6. The van der Waals surface area contributed by atoms with Crippen molar-refractivity contribution in [2.45, 2.75) is 18.5 Å². The molecule has 10 aromatic rings. The first kappa shape index (κ1) is 36.4. The second-order valence-corrected chi connectivity index (χ2v) is 17.0. The lowest BCUT2D eigenvalue weighted by atomic mass is 9.84. The molecule has 3 aliphatic rings. The minimum atomic E-state index is -0.305. The molecule has 64 heavy (non-hydrogen) atoms. The molecule has 302 valence electrons. The van der Waals surface area contributed by atoms with Gasteiger partial charge >= 0.3 is 0 Å². The Morgan fingerprint density at radius 3 is 1.95 bits per heavy atom. The van der Waals surface area contributed by atoms with Crippen molar-refractivity contribution in [1.82, 2.24) is 9.88 Å². The van der Waals surface area contributed by atoms with E-state index < -0.39 is 0 Å². The maximum atomic E-state index is 5.28. The third-order valence-electron chi connectivity index (χ3n) is 13.3. The van der Waals surface area contributed by atoms with Gasteiger partial charge in [-0.05, 0) is 98.9 Å². The smallest absolute Gasteiger partial charge is 0.159 e. The van der Waals surface area contributed by atoms with E-state index in [1.807, 2.05) is 24.3 Å². The number of aromatic nitrogens is 1. The highest BCUT2D eigenvalue weighted by molar-refractivity contribution is 6.15. The van der Waals surface area contributed by atoms with Crippen LogP contribution in [0.3, 0.4) is 0 Å². The Morgan fingerprint density at radius 1 is 0.500 bits per heavy atom. The highest BCUT2D eigenvalue weighted by Gasteiger charge is 2.40. The zero-order valence-corrected chi connectivity index (χ0v) is 34.9. The minimum absolute atomic E-state index is 0.169. The van der Waals surface area contributed by atoms with E-state index in [9.17, 15) is 0 Å². The SMILES string of the molecule is C1=C2C(Cc3c1n(-c1cc(C4=NC(c5ccccc5)=NC(c5ccccc5)N4)cc4ccccc14)c1ccc(-c4ccccc4)cc31)c1c(ccc3ccccc13)N2c1ccccc1. The summed E-state index contributed by atoms with van der Waals surface area (Å²) in [4.78, 5) is 13.0.